The summed E-state index contributed by atoms with van der Waals surface area (Å²) in [6.45, 7) is 0. The average molecular weight is 429 g/mol. The van der Waals surface area contributed by atoms with E-state index in [2.05, 4.69) is 4.31 Å². The van der Waals surface area contributed by atoms with Gasteiger partial charge in [0.1, 0.15) is 0 Å². The Labute approximate surface area is 101 Å². The van der Waals surface area contributed by atoms with Gasteiger partial charge in [0.2, 0.25) is 0 Å². The molecule has 0 aromatic heterocycles. The zero-order chi connectivity index (χ0) is 7.71. The molecule has 12 heavy (non-hydrogen) atoms. The molecule has 0 aromatic rings. The quantitative estimate of drug-likeness (QED) is 0.313. The van der Waals surface area contributed by atoms with Crippen LogP contribution in [0.25, 0.3) is 0 Å². The van der Waals surface area contributed by atoms with E-state index in [0.717, 1.165) is 0 Å². The molecule has 0 saturated carbocycles. The average Bonchev–Trinajstić information content (AvgIpc) is 1.14. The third kappa shape index (κ3) is 22.6. The molecule has 0 aliphatic heterocycles. The van der Waals surface area contributed by atoms with Gasteiger partial charge in [-0.05, 0) is 0 Å². The number of hydrogen-bond donors (Lipinski definition) is 0. The fourth-order valence-corrected chi connectivity index (χ4v) is 1.10. The Balaban J connectivity index is -0.000000107. The van der Waals surface area contributed by atoms with Crippen molar-refractivity contribution in [2.24, 2.45) is 0 Å². The molecule has 0 heterocycles. The topological polar surface area (TPSA) is 167 Å². The smallest absolute Gasteiger partial charge is 0.790 e. The summed E-state index contributed by atoms with van der Waals surface area (Å²) in [5.41, 5.74) is 0. The molecule has 2 N–H and O–H groups in total. The van der Waals surface area contributed by atoms with Crippen LogP contribution in [0.2, 0.25) is 0 Å². The van der Waals surface area contributed by atoms with Gasteiger partial charge in [0, 0.05) is 0 Å². The van der Waals surface area contributed by atoms with Crippen molar-refractivity contribution in [3.63, 3.8) is 0 Å². The molecule has 12 heteroatoms. The van der Waals surface area contributed by atoms with Gasteiger partial charge >= 0.3 is 47.8 Å². The molecule has 4 radical (unpaired) electrons. The van der Waals surface area contributed by atoms with E-state index in [0.29, 0.717) is 0 Å². The first-order chi connectivity index (χ1) is 3.71. The van der Waals surface area contributed by atoms with Gasteiger partial charge in [-0.2, -0.15) is 0 Å². The van der Waals surface area contributed by atoms with Crippen molar-refractivity contribution in [3.05, 3.63) is 0 Å². The van der Waals surface area contributed by atoms with Crippen molar-refractivity contribution in [2.75, 3.05) is 0 Å². The molecule has 0 aliphatic carbocycles. The molecule has 0 atom stereocenters. The van der Waals surface area contributed by atoms with Crippen molar-refractivity contribution in [1.82, 2.24) is 0 Å². The van der Waals surface area contributed by atoms with Crippen LogP contribution in [0.5, 0.6) is 0 Å². The predicted octanol–water partition coefficient (Wildman–Crippen LogP) is -4.93. The Bertz CT molecular complexity index is 155. The fourth-order valence-electron chi connectivity index (χ4n) is 0.122. The second-order valence-electron chi connectivity index (χ2n) is 0.976. The van der Waals surface area contributed by atoms with Crippen molar-refractivity contribution >= 4 is 63.5 Å². The molecule has 0 bridgehead atoms. The third-order valence-corrected chi connectivity index (χ3v) is 1.80. The molecule has 0 spiro atoms. The Kier molecular flexibility index (Phi) is 16.0. The second kappa shape index (κ2) is 8.15. The van der Waals surface area contributed by atoms with E-state index in [1.165, 1.54) is 0 Å². The fraction of sp³-hybridized carbons (Fsp3) is 0. The van der Waals surface area contributed by atoms with Crippen LogP contribution in [-0.4, -0.2) is 53.3 Å². The van der Waals surface area contributed by atoms with Crippen molar-refractivity contribution in [1.29, 1.82) is 0 Å². The van der Waals surface area contributed by atoms with Crippen LogP contribution >= 0.6 is 15.6 Å². The Morgan fingerprint density at radius 3 is 1.00 bits per heavy atom. The summed E-state index contributed by atoms with van der Waals surface area (Å²) < 4.78 is 21.2. The van der Waals surface area contributed by atoms with E-state index in [1.54, 1.807) is 0 Å². The number of phosphoric acid groups is 2. The van der Waals surface area contributed by atoms with E-state index in [9.17, 15) is 28.7 Å². The first-order valence-corrected chi connectivity index (χ1v) is 4.38. The number of hydrogen-bond acceptors (Lipinski definition) is 7. The molecular weight excluding hydrogens is 427 g/mol. The standard InChI is InChI=1S/H4O7P2.H2O.2Sn/c1-8(2,3)7-9(4,5)6;;;/h(H2,1,2,3)(H2,4,5,6);1H2;;/q;;2*+2/p-4. The molecule has 0 aliphatic rings. The van der Waals surface area contributed by atoms with Crippen LogP contribution in [0.3, 0.4) is 0 Å². The minimum Gasteiger partial charge on any atom is -0.790 e. The van der Waals surface area contributed by atoms with Gasteiger partial charge in [-0.1, -0.05) is 0 Å². The maximum absolute atomic E-state index is 9.32. The molecule has 0 unspecified atom stereocenters. The van der Waals surface area contributed by atoms with Crippen LogP contribution in [-0.2, 0) is 13.4 Å². The van der Waals surface area contributed by atoms with E-state index in [-0.39, 0.29) is 53.3 Å². The minimum absolute atomic E-state index is 0. The van der Waals surface area contributed by atoms with E-state index in [4.69, 9.17) is 0 Å². The Hall–Kier alpha value is 1.82. The molecule has 0 rings (SSSR count). The SMILES string of the molecule is O.O=P([O-])([O-])OP(=O)([O-])[O-].[Sn+2].[Sn+2]. The molecule has 68 valence electrons. The first kappa shape index (κ1) is 23.6. The van der Waals surface area contributed by atoms with Gasteiger partial charge in [0.25, 0.3) is 0 Å². The summed E-state index contributed by atoms with van der Waals surface area (Å²) >= 11 is 0. The normalized spacial score (nSPS) is 10.3. The number of rotatable bonds is 2. The first-order valence-electron chi connectivity index (χ1n) is 1.46. The molecule has 0 aromatic carbocycles. The van der Waals surface area contributed by atoms with Crippen LogP contribution < -0.4 is 19.6 Å². The van der Waals surface area contributed by atoms with E-state index in [1.807, 2.05) is 0 Å². The van der Waals surface area contributed by atoms with Gasteiger partial charge in [-0.3, -0.25) is 0 Å². The van der Waals surface area contributed by atoms with Gasteiger partial charge in [-0.25, -0.2) is 0 Å². The van der Waals surface area contributed by atoms with Gasteiger partial charge < -0.3 is 38.5 Å². The maximum Gasteiger partial charge on any atom is 2.00 e. The van der Waals surface area contributed by atoms with Gasteiger partial charge in [0.15, 0.2) is 0 Å². The second-order valence-corrected chi connectivity index (χ2v) is 3.42. The molecule has 0 amide bonds. The monoisotopic (exact) mass is 432 g/mol. The van der Waals surface area contributed by atoms with Crippen molar-refractivity contribution in [2.45, 2.75) is 0 Å². The van der Waals surface area contributed by atoms with Crippen LogP contribution in [0.1, 0.15) is 0 Å². The minimum atomic E-state index is -5.68. The predicted molar refractivity (Wildman–Crippen MR) is 31.4 cm³/mol. The summed E-state index contributed by atoms with van der Waals surface area (Å²) in [7, 11) is -11.4. The maximum atomic E-state index is 9.32. The molecule has 0 saturated heterocycles. The van der Waals surface area contributed by atoms with Crippen LogP contribution in [0, 0.1) is 0 Å². The summed E-state index contributed by atoms with van der Waals surface area (Å²) in [5, 5.41) is 0. The van der Waals surface area contributed by atoms with Crippen LogP contribution in [0.15, 0.2) is 0 Å². The van der Waals surface area contributed by atoms with Crippen molar-refractivity contribution in [3.8, 4) is 0 Å². The summed E-state index contributed by atoms with van der Waals surface area (Å²) in [6.07, 6.45) is 0. The van der Waals surface area contributed by atoms with Gasteiger partial charge in [0.05, 0.1) is 15.6 Å². The summed E-state index contributed by atoms with van der Waals surface area (Å²) in [6, 6.07) is 0. The van der Waals surface area contributed by atoms with E-state index >= 15 is 0 Å². The summed E-state index contributed by atoms with van der Waals surface area (Å²) in [5.74, 6) is 0. The molecular formula is H2O8P2Sn2. The van der Waals surface area contributed by atoms with E-state index < -0.39 is 15.6 Å². The van der Waals surface area contributed by atoms with Crippen molar-refractivity contribution < 1.29 is 38.5 Å². The Morgan fingerprint density at radius 1 is 0.833 bits per heavy atom. The molecule has 0 fully saturated rings. The summed E-state index contributed by atoms with van der Waals surface area (Å²) in [4.78, 5) is 37.3. The zero-order valence-electron chi connectivity index (χ0n) is 5.25. The zero-order valence-corrected chi connectivity index (χ0v) is 12.7. The van der Waals surface area contributed by atoms with Gasteiger partial charge in [-0.15, -0.1) is 0 Å². The Morgan fingerprint density at radius 2 is 1.00 bits per heavy atom. The third-order valence-electron chi connectivity index (χ3n) is 0.200. The van der Waals surface area contributed by atoms with Crippen LogP contribution in [0.4, 0.5) is 0 Å². The largest absolute Gasteiger partial charge is 2.00 e. The molecule has 8 nitrogen and oxygen atoms in total.